The fourth-order valence-electron chi connectivity index (χ4n) is 1.75. The molecule has 0 aliphatic carbocycles. The van der Waals surface area contributed by atoms with Gasteiger partial charge >= 0.3 is 0 Å². The van der Waals surface area contributed by atoms with E-state index in [1.807, 2.05) is 30.3 Å². The average Bonchev–Trinajstić information content (AvgIpc) is 2.46. The smallest absolute Gasteiger partial charge is 0.252 e. The van der Waals surface area contributed by atoms with E-state index in [-0.39, 0.29) is 5.91 Å². The molecule has 0 saturated heterocycles. The highest BCUT2D eigenvalue weighted by Crippen LogP contribution is 2.37. The first-order valence-corrected chi connectivity index (χ1v) is 9.07. The molecule has 0 saturated carbocycles. The van der Waals surface area contributed by atoms with Crippen LogP contribution in [0.1, 0.15) is 10.4 Å². The van der Waals surface area contributed by atoms with Crippen LogP contribution < -0.4 is 10.6 Å². The number of rotatable bonds is 4. The maximum Gasteiger partial charge on any atom is 0.252 e. The molecule has 116 valence electrons. The molecular formula is C15H12Br3ClN2O. The quantitative estimate of drug-likeness (QED) is 0.430. The van der Waals surface area contributed by atoms with E-state index in [0.717, 1.165) is 5.69 Å². The molecule has 0 heterocycles. The van der Waals surface area contributed by atoms with Crippen molar-refractivity contribution >= 4 is 71.0 Å². The van der Waals surface area contributed by atoms with Gasteiger partial charge in [0.15, 0.2) is 2.14 Å². The number of alkyl halides is 3. The lowest BCUT2D eigenvalue weighted by Gasteiger charge is -2.28. The highest BCUT2D eigenvalue weighted by Gasteiger charge is 2.32. The molecule has 1 amide bonds. The highest BCUT2D eigenvalue weighted by molar-refractivity contribution is 9.39. The van der Waals surface area contributed by atoms with Crippen LogP contribution in [0, 0.1) is 0 Å². The lowest BCUT2D eigenvalue weighted by atomic mass is 10.2. The van der Waals surface area contributed by atoms with Gasteiger partial charge in [0, 0.05) is 16.3 Å². The monoisotopic (exact) mass is 508 g/mol. The first-order chi connectivity index (χ1) is 10.4. The summed E-state index contributed by atoms with van der Waals surface area (Å²) in [5.74, 6) is -0.192. The zero-order chi connectivity index (χ0) is 16.2. The van der Waals surface area contributed by atoms with Gasteiger partial charge < -0.3 is 10.6 Å². The normalized spacial score (nSPS) is 12.5. The van der Waals surface area contributed by atoms with Gasteiger partial charge in [-0.3, -0.25) is 4.79 Å². The molecule has 1 atom stereocenters. The molecule has 0 unspecified atom stereocenters. The Labute approximate surface area is 159 Å². The summed E-state index contributed by atoms with van der Waals surface area (Å²) in [7, 11) is 0. The van der Waals surface area contributed by atoms with Crippen LogP contribution in [0.25, 0.3) is 0 Å². The van der Waals surface area contributed by atoms with E-state index < -0.39 is 8.31 Å². The van der Waals surface area contributed by atoms with E-state index in [1.165, 1.54) is 0 Å². The molecule has 2 N–H and O–H groups in total. The maximum atomic E-state index is 12.3. The van der Waals surface area contributed by atoms with Gasteiger partial charge in [-0.25, -0.2) is 0 Å². The number of hydrogen-bond donors (Lipinski definition) is 2. The Hall–Kier alpha value is -0.560. The van der Waals surface area contributed by atoms with Crippen LogP contribution in [0.15, 0.2) is 54.6 Å². The van der Waals surface area contributed by atoms with Crippen LogP contribution in [0.3, 0.4) is 0 Å². The molecular weight excluding hydrogens is 499 g/mol. The van der Waals surface area contributed by atoms with Crippen molar-refractivity contribution in [1.82, 2.24) is 5.32 Å². The van der Waals surface area contributed by atoms with Crippen molar-refractivity contribution in [2.75, 3.05) is 5.32 Å². The van der Waals surface area contributed by atoms with Gasteiger partial charge in [0.2, 0.25) is 0 Å². The molecule has 2 aromatic carbocycles. The number of anilines is 1. The molecule has 0 radical (unpaired) electrons. The topological polar surface area (TPSA) is 41.1 Å². The molecule has 2 rings (SSSR count). The fraction of sp³-hybridized carbons (Fsp3) is 0.133. The van der Waals surface area contributed by atoms with Gasteiger partial charge in [-0.2, -0.15) is 0 Å². The molecule has 0 fully saturated rings. The lowest BCUT2D eigenvalue weighted by molar-refractivity contribution is 0.0943. The molecule has 3 nitrogen and oxygen atoms in total. The van der Waals surface area contributed by atoms with Gasteiger partial charge in [0.1, 0.15) is 6.17 Å². The molecule has 0 aliphatic rings. The number of hydrogen-bond acceptors (Lipinski definition) is 2. The summed E-state index contributed by atoms with van der Waals surface area (Å²) in [4.78, 5) is 12.3. The number of carbonyl (C=O) groups is 1. The van der Waals surface area contributed by atoms with E-state index in [4.69, 9.17) is 11.6 Å². The minimum absolute atomic E-state index is 0.192. The van der Waals surface area contributed by atoms with E-state index in [1.54, 1.807) is 24.3 Å². The van der Waals surface area contributed by atoms with Crippen molar-refractivity contribution in [3.63, 3.8) is 0 Å². The molecule has 0 bridgehead atoms. The van der Waals surface area contributed by atoms with Gasteiger partial charge in [0.05, 0.1) is 0 Å². The third-order valence-electron chi connectivity index (χ3n) is 2.77. The van der Waals surface area contributed by atoms with Crippen molar-refractivity contribution in [2.45, 2.75) is 8.31 Å². The predicted octanol–water partition coefficient (Wildman–Crippen LogP) is 5.35. The standard InChI is InChI=1S/C15H12Br3ClN2O/c16-15(17,18)14(20-12-8-4-7-11(19)9-12)21-13(22)10-5-2-1-3-6-10/h1-9,14,20H,(H,21,22)/t14-/m1/s1. The second-order valence-electron chi connectivity index (χ2n) is 4.47. The molecule has 22 heavy (non-hydrogen) atoms. The fourth-order valence-corrected chi connectivity index (χ4v) is 2.63. The third kappa shape index (κ3) is 5.26. The van der Waals surface area contributed by atoms with Crippen LogP contribution in [0.4, 0.5) is 5.69 Å². The number of benzene rings is 2. The average molecular weight is 511 g/mol. The van der Waals surface area contributed by atoms with Crippen molar-refractivity contribution in [3.05, 3.63) is 65.2 Å². The Kier molecular flexibility index (Phi) is 6.32. The van der Waals surface area contributed by atoms with Crippen molar-refractivity contribution in [3.8, 4) is 0 Å². The van der Waals surface area contributed by atoms with E-state index in [2.05, 4.69) is 58.4 Å². The largest absolute Gasteiger partial charge is 0.363 e. The molecule has 0 aromatic heterocycles. The first-order valence-electron chi connectivity index (χ1n) is 6.31. The van der Waals surface area contributed by atoms with Crippen molar-refractivity contribution in [1.29, 1.82) is 0 Å². The molecule has 2 aromatic rings. The van der Waals surface area contributed by atoms with Gasteiger partial charge in [-0.1, -0.05) is 83.7 Å². The summed E-state index contributed by atoms with van der Waals surface area (Å²) in [6.45, 7) is 0. The molecule has 0 aliphatic heterocycles. The maximum absolute atomic E-state index is 12.3. The summed E-state index contributed by atoms with van der Waals surface area (Å²) in [5, 5.41) is 6.72. The Morgan fingerprint density at radius 2 is 1.73 bits per heavy atom. The zero-order valence-electron chi connectivity index (χ0n) is 11.2. The van der Waals surface area contributed by atoms with Gasteiger partial charge in [-0.05, 0) is 30.3 Å². The predicted molar refractivity (Wildman–Crippen MR) is 102 cm³/mol. The van der Waals surface area contributed by atoms with Crippen molar-refractivity contribution < 1.29 is 4.79 Å². The van der Waals surface area contributed by atoms with Gasteiger partial charge in [-0.15, -0.1) is 0 Å². The van der Waals surface area contributed by atoms with E-state index in [0.29, 0.717) is 10.6 Å². The first kappa shape index (κ1) is 17.8. The molecule has 0 spiro atoms. The van der Waals surface area contributed by atoms with Crippen molar-refractivity contribution in [2.24, 2.45) is 0 Å². The summed E-state index contributed by atoms with van der Waals surface area (Å²) in [6.07, 6.45) is -0.473. The lowest BCUT2D eigenvalue weighted by Crippen LogP contribution is -2.48. The Morgan fingerprint density at radius 1 is 1.05 bits per heavy atom. The van der Waals surface area contributed by atoms with Crippen LogP contribution in [-0.4, -0.2) is 14.2 Å². The minimum Gasteiger partial charge on any atom is -0.363 e. The number of amides is 1. The number of carbonyl (C=O) groups excluding carboxylic acids is 1. The van der Waals surface area contributed by atoms with Gasteiger partial charge in [0.25, 0.3) is 5.91 Å². The van der Waals surface area contributed by atoms with Crippen LogP contribution in [0.2, 0.25) is 5.02 Å². The molecule has 7 heteroatoms. The van der Waals surface area contributed by atoms with E-state index in [9.17, 15) is 4.79 Å². The Bertz CT molecular complexity index is 647. The van der Waals surface area contributed by atoms with Crippen LogP contribution in [0.5, 0.6) is 0 Å². The second-order valence-corrected chi connectivity index (χ2v) is 11.9. The van der Waals surface area contributed by atoms with E-state index >= 15 is 0 Å². The highest BCUT2D eigenvalue weighted by atomic mass is 80.0. The Balaban J connectivity index is 2.15. The summed E-state index contributed by atoms with van der Waals surface area (Å²) in [6, 6.07) is 16.3. The Morgan fingerprint density at radius 3 is 2.32 bits per heavy atom. The summed E-state index contributed by atoms with van der Waals surface area (Å²) >= 11 is 16.3. The second kappa shape index (κ2) is 7.81. The van der Waals surface area contributed by atoms with Crippen LogP contribution in [-0.2, 0) is 0 Å². The SMILES string of the molecule is O=C(N[C@@H](Nc1cccc(Cl)c1)C(Br)(Br)Br)c1ccccc1. The van der Waals surface area contributed by atoms with Crippen LogP contribution >= 0.6 is 59.4 Å². The summed E-state index contributed by atoms with van der Waals surface area (Å²) < 4.78 is -0.722. The number of nitrogens with one attached hydrogen (secondary N) is 2. The third-order valence-corrected chi connectivity index (χ3v) is 4.38. The zero-order valence-corrected chi connectivity index (χ0v) is 16.7. The minimum atomic E-state index is -0.722. The summed E-state index contributed by atoms with van der Waals surface area (Å²) in [5.41, 5.74) is 1.37. The number of halogens is 4.